The summed E-state index contributed by atoms with van der Waals surface area (Å²) in [5, 5.41) is 0. The Labute approximate surface area is 107 Å². The van der Waals surface area contributed by atoms with E-state index in [2.05, 4.69) is 13.0 Å². The van der Waals surface area contributed by atoms with Crippen molar-refractivity contribution in [1.29, 1.82) is 0 Å². The molecule has 1 aromatic carbocycles. The standard InChI is InChI=1S/C10H13O.BrH.Mg/c1-2-3-9-11-10-7-5-4-6-8-10;;/h5-8H,2-3,9H2,1H3;1H;/q-1;;+2/p-1. The second-order valence-corrected chi connectivity index (χ2v) is 2.44. The van der Waals surface area contributed by atoms with Crippen LogP contribution in [0.3, 0.4) is 0 Å². The smallest absolute Gasteiger partial charge is 1.00 e. The Kier molecular flexibility index (Phi) is 12.5. The predicted molar refractivity (Wildman–Crippen MR) is 51.4 cm³/mol. The zero-order valence-electron chi connectivity index (χ0n) is 7.92. The Balaban J connectivity index is 0. The van der Waals surface area contributed by atoms with Crippen molar-refractivity contribution >= 4 is 23.1 Å². The predicted octanol–water partition coefficient (Wildman–Crippen LogP) is -0.711. The molecule has 0 aliphatic rings. The van der Waals surface area contributed by atoms with Gasteiger partial charge in [-0.1, -0.05) is 13.3 Å². The molecule has 0 saturated heterocycles. The average Bonchev–Trinajstić information content (AvgIpc) is 2.07. The Morgan fingerprint density at radius 1 is 1.31 bits per heavy atom. The minimum Gasteiger partial charge on any atom is -1.00 e. The van der Waals surface area contributed by atoms with Gasteiger partial charge in [0.25, 0.3) is 0 Å². The van der Waals surface area contributed by atoms with Gasteiger partial charge in [0.05, 0.1) is 6.61 Å². The van der Waals surface area contributed by atoms with Crippen molar-refractivity contribution in [3.63, 3.8) is 0 Å². The van der Waals surface area contributed by atoms with E-state index in [1.807, 2.05) is 24.3 Å². The molecule has 0 radical (unpaired) electrons. The summed E-state index contributed by atoms with van der Waals surface area (Å²) in [5.74, 6) is 0.942. The van der Waals surface area contributed by atoms with Gasteiger partial charge in [-0.15, -0.1) is 12.1 Å². The van der Waals surface area contributed by atoms with Crippen LogP contribution in [0.15, 0.2) is 24.3 Å². The fraction of sp³-hybridized carbons (Fsp3) is 0.400. The van der Waals surface area contributed by atoms with E-state index in [1.54, 1.807) is 0 Å². The molecule has 0 saturated carbocycles. The van der Waals surface area contributed by atoms with Gasteiger partial charge in [0.1, 0.15) is 0 Å². The Morgan fingerprint density at radius 3 is 2.46 bits per heavy atom. The number of ether oxygens (including phenoxy) is 1. The molecule has 0 heterocycles. The Hall–Kier alpha value is 0.266. The Bertz CT molecular complexity index is 191. The summed E-state index contributed by atoms with van der Waals surface area (Å²) >= 11 is 0. The van der Waals surface area contributed by atoms with Gasteiger partial charge in [0.15, 0.2) is 0 Å². The average molecular weight is 253 g/mol. The van der Waals surface area contributed by atoms with Gasteiger partial charge in [0, 0.05) is 5.75 Å². The monoisotopic (exact) mass is 252 g/mol. The minimum absolute atomic E-state index is 0. The quantitative estimate of drug-likeness (QED) is 0.391. The molecule has 1 aromatic rings. The molecule has 0 atom stereocenters. The molecule has 0 spiro atoms. The second kappa shape index (κ2) is 10.3. The van der Waals surface area contributed by atoms with Gasteiger partial charge in [-0.2, -0.15) is 18.2 Å². The molecule has 3 heteroatoms. The third kappa shape index (κ3) is 7.35. The fourth-order valence-corrected chi connectivity index (χ4v) is 0.802. The van der Waals surface area contributed by atoms with Crippen LogP contribution in [0.1, 0.15) is 19.8 Å². The molecule has 1 rings (SSSR count). The van der Waals surface area contributed by atoms with E-state index in [-0.39, 0.29) is 40.0 Å². The first-order chi connectivity index (χ1) is 5.43. The van der Waals surface area contributed by atoms with Crippen LogP contribution < -0.4 is 21.7 Å². The SMILES string of the molecule is CCCCOc1cc[c-]cc1.[Br-].[Mg+2]. The second-order valence-electron chi connectivity index (χ2n) is 2.44. The normalized spacial score (nSPS) is 8.08. The first-order valence-electron chi connectivity index (χ1n) is 4.02. The van der Waals surface area contributed by atoms with Crippen molar-refractivity contribution < 1.29 is 21.7 Å². The minimum atomic E-state index is 0. The number of benzene rings is 1. The van der Waals surface area contributed by atoms with E-state index < -0.39 is 0 Å². The molecule has 0 unspecified atom stereocenters. The summed E-state index contributed by atoms with van der Waals surface area (Å²) in [5.41, 5.74) is 0. The summed E-state index contributed by atoms with van der Waals surface area (Å²) in [6.45, 7) is 2.97. The molecule has 0 aromatic heterocycles. The molecular formula is C10H13BrMgO. The van der Waals surface area contributed by atoms with Crippen LogP contribution in [-0.4, -0.2) is 29.7 Å². The van der Waals surface area contributed by atoms with Crippen LogP contribution in [0.2, 0.25) is 0 Å². The van der Waals surface area contributed by atoms with Gasteiger partial charge in [-0.3, -0.25) is 0 Å². The van der Waals surface area contributed by atoms with Crippen molar-refractivity contribution in [3.8, 4) is 5.75 Å². The van der Waals surface area contributed by atoms with E-state index >= 15 is 0 Å². The summed E-state index contributed by atoms with van der Waals surface area (Å²) in [6.07, 6.45) is 2.30. The van der Waals surface area contributed by atoms with Crippen molar-refractivity contribution in [1.82, 2.24) is 0 Å². The molecule has 1 nitrogen and oxygen atoms in total. The molecule has 0 aliphatic heterocycles. The molecule has 0 bridgehead atoms. The van der Waals surface area contributed by atoms with Crippen LogP contribution in [0, 0.1) is 6.07 Å². The van der Waals surface area contributed by atoms with Crippen molar-refractivity contribution in [2.45, 2.75) is 19.8 Å². The van der Waals surface area contributed by atoms with E-state index in [0.717, 1.165) is 18.8 Å². The Morgan fingerprint density at radius 2 is 1.92 bits per heavy atom. The molecule has 0 fully saturated rings. The van der Waals surface area contributed by atoms with Gasteiger partial charge < -0.3 is 21.7 Å². The first-order valence-corrected chi connectivity index (χ1v) is 4.02. The van der Waals surface area contributed by atoms with Crippen LogP contribution in [0.4, 0.5) is 0 Å². The van der Waals surface area contributed by atoms with Gasteiger partial charge in [-0.05, 0) is 6.42 Å². The maximum Gasteiger partial charge on any atom is 2.00 e. The first kappa shape index (κ1) is 15.7. The summed E-state index contributed by atoms with van der Waals surface area (Å²) in [4.78, 5) is 0. The zero-order valence-corrected chi connectivity index (χ0v) is 10.9. The summed E-state index contributed by atoms with van der Waals surface area (Å²) in [6, 6.07) is 10.5. The van der Waals surface area contributed by atoms with Crippen molar-refractivity contribution in [2.24, 2.45) is 0 Å². The zero-order chi connectivity index (χ0) is 7.94. The maximum atomic E-state index is 5.43. The number of rotatable bonds is 4. The van der Waals surface area contributed by atoms with Crippen molar-refractivity contribution in [3.05, 3.63) is 30.3 Å². The summed E-state index contributed by atoms with van der Waals surface area (Å²) < 4.78 is 5.43. The maximum absolute atomic E-state index is 5.43. The van der Waals surface area contributed by atoms with Crippen molar-refractivity contribution in [2.75, 3.05) is 6.61 Å². The van der Waals surface area contributed by atoms with E-state index in [1.165, 1.54) is 6.42 Å². The third-order valence-corrected chi connectivity index (χ3v) is 1.45. The van der Waals surface area contributed by atoms with Crippen LogP contribution >= 0.6 is 0 Å². The third-order valence-electron chi connectivity index (χ3n) is 1.45. The topological polar surface area (TPSA) is 9.23 Å². The largest absolute Gasteiger partial charge is 2.00 e. The molecular weight excluding hydrogens is 240 g/mol. The molecule has 0 N–H and O–H groups in total. The van der Waals surface area contributed by atoms with Crippen LogP contribution in [0.25, 0.3) is 0 Å². The molecule has 0 aliphatic carbocycles. The van der Waals surface area contributed by atoms with E-state index in [0.29, 0.717) is 0 Å². The molecule has 68 valence electrons. The number of halogens is 1. The molecule has 13 heavy (non-hydrogen) atoms. The summed E-state index contributed by atoms with van der Waals surface area (Å²) in [7, 11) is 0. The number of hydrogen-bond donors (Lipinski definition) is 0. The van der Waals surface area contributed by atoms with E-state index in [9.17, 15) is 0 Å². The fourth-order valence-electron chi connectivity index (χ4n) is 0.802. The van der Waals surface area contributed by atoms with Crippen LogP contribution in [-0.2, 0) is 0 Å². The van der Waals surface area contributed by atoms with Gasteiger partial charge in [-0.25, -0.2) is 0 Å². The molecule has 0 amide bonds. The van der Waals surface area contributed by atoms with Crippen LogP contribution in [0.5, 0.6) is 5.75 Å². The van der Waals surface area contributed by atoms with Gasteiger partial charge >= 0.3 is 23.1 Å². The van der Waals surface area contributed by atoms with Gasteiger partial charge in [0.2, 0.25) is 0 Å². The number of hydrogen-bond acceptors (Lipinski definition) is 1. The number of unbranched alkanes of at least 4 members (excludes halogenated alkanes) is 1. The van der Waals surface area contributed by atoms with E-state index in [4.69, 9.17) is 4.74 Å².